The number of aliphatic hydroxyl groups excluding tert-OH is 1. The van der Waals surface area contributed by atoms with Crippen LogP contribution in [0.1, 0.15) is 34.1 Å². The van der Waals surface area contributed by atoms with Crippen molar-refractivity contribution in [1.82, 2.24) is 0 Å². The molecule has 4 heteroatoms. The van der Waals surface area contributed by atoms with Crippen molar-refractivity contribution >= 4 is 5.78 Å². The Bertz CT molecular complexity index is 487. The highest BCUT2D eigenvalue weighted by molar-refractivity contribution is 5.93. The van der Waals surface area contributed by atoms with E-state index < -0.39 is 23.2 Å². The number of hydrogen-bond acceptors (Lipinski definition) is 4. The Morgan fingerprint density at radius 1 is 1.32 bits per heavy atom. The van der Waals surface area contributed by atoms with Gasteiger partial charge in [-0.25, -0.2) is 0 Å². The molecule has 4 rings (SSSR count). The molecule has 2 bridgehead atoms. The molecule has 0 aromatic rings. The largest absolute Gasteiger partial charge is 0.386 e. The minimum Gasteiger partial charge on any atom is -0.386 e. The Morgan fingerprint density at radius 2 is 1.95 bits per heavy atom. The number of aliphatic hydroxyl groups is 2. The van der Waals surface area contributed by atoms with Crippen LogP contribution < -0.4 is 0 Å². The van der Waals surface area contributed by atoms with E-state index in [1.54, 1.807) is 0 Å². The highest BCUT2D eigenvalue weighted by Crippen LogP contribution is 2.75. The van der Waals surface area contributed by atoms with Crippen LogP contribution >= 0.6 is 0 Å². The SMILES string of the molecule is C[C@@H]1[C@@H]2O[C@H]3[C@H]4[C@H](CC4(C)C)[C@@](C)(C(=O)[C@@H]2O)[C@@]13O. The molecule has 0 radical (unpaired) electrons. The van der Waals surface area contributed by atoms with Crippen LogP contribution in [-0.2, 0) is 9.53 Å². The molecular weight excluding hydrogens is 244 g/mol. The predicted octanol–water partition coefficient (Wildman–Crippen LogP) is 0.747. The maximum atomic E-state index is 12.6. The number of Topliss-reactive ketones (excluding diaryl/α,β-unsaturated/α-hetero) is 1. The van der Waals surface area contributed by atoms with Gasteiger partial charge in [0.05, 0.1) is 17.6 Å². The Balaban J connectivity index is 1.93. The summed E-state index contributed by atoms with van der Waals surface area (Å²) in [6.45, 7) is 8.14. The van der Waals surface area contributed by atoms with Crippen molar-refractivity contribution in [2.45, 2.75) is 58.0 Å². The maximum absolute atomic E-state index is 12.6. The van der Waals surface area contributed by atoms with Crippen molar-refractivity contribution in [3.8, 4) is 0 Å². The van der Waals surface area contributed by atoms with E-state index in [0.717, 1.165) is 6.42 Å². The van der Waals surface area contributed by atoms with E-state index >= 15 is 0 Å². The van der Waals surface area contributed by atoms with Crippen LogP contribution in [0.2, 0.25) is 0 Å². The van der Waals surface area contributed by atoms with Gasteiger partial charge in [-0.05, 0) is 30.6 Å². The van der Waals surface area contributed by atoms with Crippen LogP contribution in [-0.4, -0.2) is 39.9 Å². The molecule has 106 valence electrons. The third-order valence-corrected chi connectivity index (χ3v) is 7.00. The fraction of sp³-hybridized carbons (Fsp3) is 0.933. The van der Waals surface area contributed by atoms with Gasteiger partial charge in [-0.1, -0.05) is 20.8 Å². The molecule has 1 aliphatic heterocycles. The molecule has 8 atom stereocenters. The summed E-state index contributed by atoms with van der Waals surface area (Å²) >= 11 is 0. The van der Waals surface area contributed by atoms with Gasteiger partial charge in [0.2, 0.25) is 0 Å². The van der Waals surface area contributed by atoms with Crippen LogP contribution in [0.3, 0.4) is 0 Å². The lowest BCUT2D eigenvalue weighted by Gasteiger charge is -2.56. The molecule has 1 saturated heterocycles. The fourth-order valence-electron chi connectivity index (χ4n) is 5.91. The van der Waals surface area contributed by atoms with Gasteiger partial charge in [-0.2, -0.15) is 0 Å². The lowest BCUT2D eigenvalue weighted by molar-refractivity contribution is -0.188. The first-order chi connectivity index (χ1) is 8.67. The molecule has 0 amide bonds. The molecule has 2 N–H and O–H groups in total. The summed E-state index contributed by atoms with van der Waals surface area (Å²) in [5.41, 5.74) is -1.83. The second kappa shape index (κ2) is 2.92. The summed E-state index contributed by atoms with van der Waals surface area (Å²) in [5, 5.41) is 21.5. The summed E-state index contributed by atoms with van der Waals surface area (Å²) in [5.74, 6) is -0.0186. The summed E-state index contributed by atoms with van der Waals surface area (Å²) in [7, 11) is 0. The predicted molar refractivity (Wildman–Crippen MR) is 67.3 cm³/mol. The number of carbonyl (C=O) groups is 1. The molecule has 19 heavy (non-hydrogen) atoms. The zero-order valence-corrected chi connectivity index (χ0v) is 11.9. The Labute approximate surface area is 113 Å². The van der Waals surface area contributed by atoms with Gasteiger partial charge in [0.25, 0.3) is 0 Å². The molecular formula is C15H22O4. The van der Waals surface area contributed by atoms with E-state index in [0.29, 0.717) is 0 Å². The zero-order chi connectivity index (χ0) is 14.0. The molecule has 4 fully saturated rings. The van der Waals surface area contributed by atoms with Gasteiger partial charge in [0.15, 0.2) is 5.78 Å². The molecule has 4 aliphatic rings. The molecule has 0 unspecified atom stereocenters. The molecule has 1 heterocycles. The van der Waals surface area contributed by atoms with Crippen LogP contribution in [0, 0.1) is 28.6 Å². The summed E-state index contributed by atoms with van der Waals surface area (Å²) in [4.78, 5) is 12.6. The highest BCUT2D eigenvalue weighted by atomic mass is 16.5. The third kappa shape index (κ3) is 0.930. The van der Waals surface area contributed by atoms with E-state index in [1.807, 2.05) is 13.8 Å². The molecule has 4 nitrogen and oxygen atoms in total. The first kappa shape index (κ1) is 12.3. The lowest BCUT2D eigenvalue weighted by atomic mass is 9.49. The lowest BCUT2D eigenvalue weighted by Crippen LogP contribution is -2.65. The minimum atomic E-state index is -1.10. The van der Waals surface area contributed by atoms with Crippen LogP contribution in [0.25, 0.3) is 0 Å². The normalized spacial score (nSPS) is 64.8. The van der Waals surface area contributed by atoms with Crippen LogP contribution in [0.4, 0.5) is 0 Å². The zero-order valence-electron chi connectivity index (χ0n) is 11.9. The molecule has 3 saturated carbocycles. The van der Waals surface area contributed by atoms with Gasteiger partial charge < -0.3 is 14.9 Å². The maximum Gasteiger partial charge on any atom is 0.173 e. The average Bonchev–Trinajstić information content (AvgIpc) is 2.65. The first-order valence-electron chi connectivity index (χ1n) is 7.27. The van der Waals surface area contributed by atoms with Crippen molar-refractivity contribution in [3.05, 3.63) is 0 Å². The van der Waals surface area contributed by atoms with Gasteiger partial charge in [-0.3, -0.25) is 4.79 Å². The van der Waals surface area contributed by atoms with E-state index in [1.165, 1.54) is 0 Å². The summed E-state index contributed by atoms with van der Waals surface area (Å²) < 4.78 is 5.99. The molecule has 0 aromatic heterocycles. The van der Waals surface area contributed by atoms with Crippen molar-refractivity contribution < 1.29 is 19.7 Å². The number of ether oxygens (including phenoxy) is 1. The van der Waals surface area contributed by atoms with Crippen molar-refractivity contribution in [1.29, 1.82) is 0 Å². The van der Waals surface area contributed by atoms with E-state index in [9.17, 15) is 15.0 Å². The van der Waals surface area contributed by atoms with Gasteiger partial charge in [0, 0.05) is 5.92 Å². The average molecular weight is 266 g/mol. The smallest absolute Gasteiger partial charge is 0.173 e. The number of ketones is 1. The quantitative estimate of drug-likeness (QED) is 0.679. The number of rotatable bonds is 0. The third-order valence-electron chi connectivity index (χ3n) is 7.00. The fourth-order valence-corrected chi connectivity index (χ4v) is 5.91. The van der Waals surface area contributed by atoms with E-state index in [-0.39, 0.29) is 35.1 Å². The standard InChI is InChI=1S/C15H22O4/c1-6-10-9(16)11(17)14(4)7-5-13(2,3)8(7)12(19-10)15(6,14)18/h6-10,12,16,18H,5H2,1-4H3/t6-,7+,8-,9-,10+,12+,14+,15-/m1/s1. The van der Waals surface area contributed by atoms with E-state index in [2.05, 4.69) is 13.8 Å². The van der Waals surface area contributed by atoms with Gasteiger partial charge in [-0.15, -0.1) is 0 Å². The first-order valence-corrected chi connectivity index (χ1v) is 7.27. The number of carbonyl (C=O) groups excluding carboxylic acids is 1. The van der Waals surface area contributed by atoms with E-state index in [4.69, 9.17) is 4.74 Å². The highest BCUT2D eigenvalue weighted by Gasteiger charge is 2.84. The van der Waals surface area contributed by atoms with Crippen molar-refractivity contribution in [2.24, 2.45) is 28.6 Å². The Kier molecular flexibility index (Phi) is 1.89. The monoisotopic (exact) mass is 266 g/mol. The summed E-state index contributed by atoms with van der Waals surface area (Å²) in [6, 6.07) is 0. The minimum absolute atomic E-state index is 0.109. The summed E-state index contributed by atoms with van der Waals surface area (Å²) in [6.07, 6.45) is -0.984. The molecule has 0 spiro atoms. The second-order valence-corrected chi connectivity index (χ2v) is 7.97. The van der Waals surface area contributed by atoms with Crippen LogP contribution in [0.15, 0.2) is 0 Å². The Morgan fingerprint density at radius 3 is 2.53 bits per heavy atom. The Hall–Kier alpha value is -0.450. The molecule has 0 aromatic carbocycles. The molecule has 3 aliphatic carbocycles. The topological polar surface area (TPSA) is 66.8 Å². The van der Waals surface area contributed by atoms with Crippen LogP contribution in [0.5, 0.6) is 0 Å². The van der Waals surface area contributed by atoms with Crippen molar-refractivity contribution in [3.63, 3.8) is 0 Å². The second-order valence-electron chi connectivity index (χ2n) is 7.97. The number of fused-ring (bicyclic) bond motifs is 4. The van der Waals surface area contributed by atoms with Gasteiger partial charge in [0.1, 0.15) is 11.7 Å². The van der Waals surface area contributed by atoms with Gasteiger partial charge >= 0.3 is 0 Å². The van der Waals surface area contributed by atoms with Crippen molar-refractivity contribution in [2.75, 3.05) is 0 Å². The number of hydrogen-bond donors (Lipinski definition) is 2.